The monoisotopic (exact) mass is 527 g/mol. The van der Waals surface area contributed by atoms with Gasteiger partial charge in [0, 0.05) is 30.1 Å². The lowest BCUT2D eigenvalue weighted by Gasteiger charge is -2.39. The summed E-state index contributed by atoms with van der Waals surface area (Å²) in [7, 11) is 1.59. The Morgan fingerprint density at radius 3 is 2.33 bits per heavy atom. The Bertz CT molecular complexity index is 1570. The van der Waals surface area contributed by atoms with E-state index < -0.39 is 17.0 Å². The van der Waals surface area contributed by atoms with E-state index in [1.807, 2.05) is 60.7 Å². The highest BCUT2D eigenvalue weighted by molar-refractivity contribution is 5.95. The van der Waals surface area contributed by atoms with Gasteiger partial charge in [0.1, 0.15) is 17.1 Å². The highest BCUT2D eigenvalue weighted by Gasteiger charge is 2.43. The van der Waals surface area contributed by atoms with Gasteiger partial charge in [0.05, 0.1) is 12.5 Å². The SMILES string of the molecule is COc1ccc(-c2cc(=O)oc3c(C)c(OCC(=O)N4CCC(C(=O)O)(c5ccccc5)CC4)ccc23)cc1. The van der Waals surface area contributed by atoms with Crippen molar-refractivity contribution >= 4 is 22.8 Å². The number of carbonyl (C=O) groups is 2. The molecule has 1 aliphatic heterocycles. The summed E-state index contributed by atoms with van der Waals surface area (Å²) in [6.07, 6.45) is 0.652. The van der Waals surface area contributed by atoms with Crippen molar-refractivity contribution in [2.45, 2.75) is 25.2 Å². The molecule has 39 heavy (non-hydrogen) atoms. The van der Waals surface area contributed by atoms with E-state index in [-0.39, 0.29) is 12.5 Å². The summed E-state index contributed by atoms with van der Waals surface area (Å²) < 4.78 is 16.6. The first-order valence-electron chi connectivity index (χ1n) is 12.7. The molecule has 1 aliphatic rings. The number of methoxy groups -OCH3 is 1. The highest BCUT2D eigenvalue weighted by atomic mass is 16.5. The minimum absolute atomic E-state index is 0.208. The van der Waals surface area contributed by atoms with E-state index in [9.17, 15) is 19.5 Å². The Hall–Kier alpha value is -4.59. The number of carboxylic acid groups (broad SMARTS) is 1. The summed E-state index contributed by atoms with van der Waals surface area (Å²) in [5.74, 6) is 0.0476. The molecule has 8 nitrogen and oxygen atoms in total. The first-order valence-corrected chi connectivity index (χ1v) is 12.7. The lowest BCUT2D eigenvalue weighted by atomic mass is 9.73. The van der Waals surface area contributed by atoms with Crippen LogP contribution in [0.4, 0.5) is 0 Å². The number of carbonyl (C=O) groups excluding carboxylic acids is 1. The predicted molar refractivity (Wildman–Crippen MR) is 146 cm³/mol. The normalized spacial score (nSPS) is 14.7. The van der Waals surface area contributed by atoms with Crippen molar-refractivity contribution < 1.29 is 28.6 Å². The third-order valence-electron chi connectivity index (χ3n) is 7.57. The van der Waals surface area contributed by atoms with Crippen LogP contribution < -0.4 is 15.1 Å². The van der Waals surface area contributed by atoms with Crippen molar-refractivity contribution in [1.29, 1.82) is 0 Å². The third-order valence-corrected chi connectivity index (χ3v) is 7.57. The summed E-state index contributed by atoms with van der Waals surface area (Å²) in [6.45, 7) is 2.21. The van der Waals surface area contributed by atoms with Gasteiger partial charge in [-0.15, -0.1) is 0 Å². The summed E-state index contributed by atoms with van der Waals surface area (Å²) in [5.41, 5.74) is 1.83. The molecule has 0 atom stereocenters. The highest BCUT2D eigenvalue weighted by Crippen LogP contribution is 2.37. The minimum Gasteiger partial charge on any atom is -0.497 e. The Balaban J connectivity index is 1.31. The van der Waals surface area contributed by atoms with E-state index in [1.165, 1.54) is 6.07 Å². The number of aliphatic carboxylic acids is 1. The van der Waals surface area contributed by atoms with Gasteiger partial charge in [-0.2, -0.15) is 0 Å². The van der Waals surface area contributed by atoms with Crippen molar-refractivity contribution in [2.75, 3.05) is 26.8 Å². The lowest BCUT2D eigenvalue weighted by molar-refractivity contribution is -0.148. The number of hydrogen-bond donors (Lipinski definition) is 1. The smallest absolute Gasteiger partial charge is 0.336 e. The zero-order chi connectivity index (χ0) is 27.6. The number of nitrogens with zero attached hydrogens (tertiary/aromatic N) is 1. The van der Waals surface area contributed by atoms with Gasteiger partial charge in [-0.1, -0.05) is 42.5 Å². The van der Waals surface area contributed by atoms with Gasteiger partial charge < -0.3 is 23.9 Å². The topological polar surface area (TPSA) is 106 Å². The van der Waals surface area contributed by atoms with Crippen molar-refractivity contribution in [2.24, 2.45) is 0 Å². The number of amides is 1. The summed E-state index contributed by atoms with van der Waals surface area (Å²) in [5, 5.41) is 10.8. The number of ether oxygens (including phenoxy) is 2. The quantitative estimate of drug-likeness (QED) is 0.344. The molecule has 2 heterocycles. The lowest BCUT2D eigenvalue weighted by Crippen LogP contribution is -2.50. The van der Waals surface area contributed by atoms with E-state index in [1.54, 1.807) is 25.0 Å². The maximum Gasteiger partial charge on any atom is 0.336 e. The molecule has 0 aliphatic carbocycles. The molecule has 1 N–H and O–H groups in total. The number of aryl methyl sites for hydroxylation is 1. The van der Waals surface area contributed by atoms with E-state index in [0.29, 0.717) is 48.6 Å². The molecular formula is C31H29NO7. The maximum atomic E-state index is 13.0. The Morgan fingerprint density at radius 1 is 1.00 bits per heavy atom. The predicted octanol–water partition coefficient (Wildman–Crippen LogP) is 4.80. The first-order chi connectivity index (χ1) is 18.8. The van der Waals surface area contributed by atoms with E-state index in [2.05, 4.69) is 0 Å². The Kier molecular flexibility index (Phi) is 7.11. The molecule has 0 spiro atoms. The molecule has 4 aromatic rings. The largest absolute Gasteiger partial charge is 0.497 e. The molecule has 1 aromatic heterocycles. The van der Waals surface area contributed by atoms with Crippen molar-refractivity contribution in [3.05, 3.63) is 94.3 Å². The molecular weight excluding hydrogens is 498 g/mol. The van der Waals surface area contributed by atoms with E-state index in [4.69, 9.17) is 13.9 Å². The number of fused-ring (bicyclic) bond motifs is 1. The number of hydrogen-bond acceptors (Lipinski definition) is 6. The molecule has 5 rings (SSSR count). The Labute approximate surface area is 225 Å². The fourth-order valence-corrected chi connectivity index (χ4v) is 5.26. The van der Waals surface area contributed by atoms with Crippen LogP contribution in [0.15, 0.2) is 82.0 Å². The standard InChI is InChI=1S/C31H29NO7/c1-20-26(13-12-24-25(18-28(34)39-29(20)24)21-8-10-23(37-2)11-9-21)38-19-27(33)32-16-14-31(15-17-32,30(35)36)22-6-4-3-5-7-22/h3-13,18H,14-17,19H2,1-2H3,(H,35,36). The second-order valence-corrected chi connectivity index (χ2v) is 9.70. The van der Waals surface area contributed by atoms with Crippen LogP contribution >= 0.6 is 0 Å². The van der Waals surface area contributed by atoms with Gasteiger partial charge >= 0.3 is 11.6 Å². The number of rotatable bonds is 7. The van der Waals surface area contributed by atoms with Crippen LogP contribution in [-0.2, 0) is 15.0 Å². The number of piperidine rings is 1. The molecule has 1 amide bonds. The van der Waals surface area contributed by atoms with Gasteiger partial charge in [-0.25, -0.2) is 4.79 Å². The van der Waals surface area contributed by atoms with Gasteiger partial charge in [-0.05, 0) is 60.7 Å². The van der Waals surface area contributed by atoms with Crippen LogP contribution in [0.1, 0.15) is 24.0 Å². The second-order valence-electron chi connectivity index (χ2n) is 9.70. The maximum absolute atomic E-state index is 13.0. The van der Waals surface area contributed by atoms with Crippen LogP contribution in [0, 0.1) is 6.92 Å². The zero-order valence-corrected chi connectivity index (χ0v) is 21.8. The van der Waals surface area contributed by atoms with Crippen molar-refractivity contribution in [3.63, 3.8) is 0 Å². The molecule has 0 saturated carbocycles. The molecule has 0 unspecified atom stereocenters. The molecule has 1 saturated heterocycles. The summed E-state index contributed by atoms with van der Waals surface area (Å²) in [4.78, 5) is 39.2. The van der Waals surface area contributed by atoms with Crippen molar-refractivity contribution in [3.8, 4) is 22.6 Å². The van der Waals surface area contributed by atoms with Gasteiger partial charge in [-0.3, -0.25) is 9.59 Å². The van der Waals surface area contributed by atoms with Crippen LogP contribution in [0.5, 0.6) is 11.5 Å². The first kappa shape index (κ1) is 26.0. The van der Waals surface area contributed by atoms with Crippen molar-refractivity contribution in [1.82, 2.24) is 4.90 Å². The zero-order valence-electron chi connectivity index (χ0n) is 21.8. The van der Waals surface area contributed by atoms with E-state index in [0.717, 1.165) is 22.1 Å². The average Bonchev–Trinajstić information content (AvgIpc) is 2.97. The number of carboxylic acids is 1. The van der Waals surface area contributed by atoms with Crippen LogP contribution in [-0.4, -0.2) is 48.7 Å². The fourth-order valence-electron chi connectivity index (χ4n) is 5.26. The number of likely N-dealkylation sites (tertiary alicyclic amines) is 1. The Morgan fingerprint density at radius 2 is 1.69 bits per heavy atom. The van der Waals surface area contributed by atoms with Gasteiger partial charge in [0.25, 0.3) is 5.91 Å². The molecule has 8 heteroatoms. The fraction of sp³-hybridized carbons (Fsp3) is 0.258. The average molecular weight is 528 g/mol. The third kappa shape index (κ3) is 4.97. The van der Waals surface area contributed by atoms with Gasteiger partial charge in [0.2, 0.25) is 0 Å². The molecule has 0 radical (unpaired) electrons. The molecule has 200 valence electrons. The van der Waals surface area contributed by atoms with Crippen LogP contribution in [0.2, 0.25) is 0 Å². The summed E-state index contributed by atoms with van der Waals surface area (Å²) in [6, 6.07) is 21.6. The molecule has 3 aromatic carbocycles. The van der Waals surface area contributed by atoms with Gasteiger partial charge in [0.15, 0.2) is 6.61 Å². The minimum atomic E-state index is -1.01. The van der Waals surface area contributed by atoms with E-state index >= 15 is 0 Å². The number of benzene rings is 3. The second kappa shape index (κ2) is 10.6. The van der Waals surface area contributed by atoms with Crippen LogP contribution in [0.3, 0.4) is 0 Å². The van der Waals surface area contributed by atoms with Crippen LogP contribution in [0.25, 0.3) is 22.1 Å². The molecule has 0 bridgehead atoms. The molecule has 1 fully saturated rings. The summed E-state index contributed by atoms with van der Waals surface area (Å²) >= 11 is 0.